The Bertz CT molecular complexity index is 1210. The molecule has 2 aromatic carbocycles. The molecular weight excluding hydrogens is 406 g/mol. The number of aromatic nitrogens is 1. The highest BCUT2D eigenvalue weighted by molar-refractivity contribution is 6.06. The van der Waals surface area contributed by atoms with Gasteiger partial charge in [-0.1, -0.05) is 37.3 Å². The van der Waals surface area contributed by atoms with Crippen LogP contribution >= 0.6 is 0 Å². The number of hydrogen-bond acceptors (Lipinski definition) is 4. The van der Waals surface area contributed by atoms with Crippen LogP contribution in [0.2, 0.25) is 0 Å². The van der Waals surface area contributed by atoms with Crippen molar-refractivity contribution in [1.29, 1.82) is 0 Å². The van der Waals surface area contributed by atoms with Gasteiger partial charge in [-0.15, -0.1) is 0 Å². The number of likely N-dealkylation sites (tertiary alicyclic amines) is 1. The Hall–Kier alpha value is -3.61. The molecule has 0 unspecified atom stereocenters. The number of ether oxygens (including phenoxy) is 1. The molecule has 1 N–H and O–H groups in total. The zero-order valence-corrected chi connectivity index (χ0v) is 18.3. The number of rotatable bonds is 5. The summed E-state index contributed by atoms with van der Waals surface area (Å²) in [6.07, 6.45) is 1.92. The van der Waals surface area contributed by atoms with Crippen molar-refractivity contribution in [3.63, 3.8) is 0 Å². The molecule has 4 rings (SSSR count). The van der Waals surface area contributed by atoms with E-state index < -0.39 is 0 Å². The molecular formula is C25H27N3O4. The predicted molar refractivity (Wildman–Crippen MR) is 124 cm³/mol. The third-order valence-electron chi connectivity index (χ3n) is 6.00. The number of piperidine rings is 1. The second-order valence-corrected chi connectivity index (χ2v) is 8.22. The number of nitrogens with one attached hydrogen (secondary N) is 1. The maximum absolute atomic E-state index is 13.2. The van der Waals surface area contributed by atoms with Crippen molar-refractivity contribution in [3.05, 3.63) is 70.5 Å². The molecule has 1 aromatic heterocycles. The Labute approximate surface area is 186 Å². The van der Waals surface area contributed by atoms with Crippen LogP contribution in [-0.2, 0) is 11.3 Å². The van der Waals surface area contributed by atoms with Crippen molar-refractivity contribution in [1.82, 2.24) is 9.47 Å². The number of hydrogen-bond donors (Lipinski definition) is 1. The largest absolute Gasteiger partial charge is 0.495 e. The first-order valence-electron chi connectivity index (χ1n) is 10.8. The molecule has 3 aromatic rings. The second kappa shape index (κ2) is 9.26. The third kappa shape index (κ3) is 4.37. The Morgan fingerprint density at radius 3 is 2.50 bits per heavy atom. The van der Waals surface area contributed by atoms with Crippen LogP contribution in [-0.4, -0.2) is 41.5 Å². The average molecular weight is 434 g/mol. The zero-order chi connectivity index (χ0) is 22.7. The number of pyridine rings is 1. The van der Waals surface area contributed by atoms with E-state index in [1.54, 1.807) is 30.3 Å². The van der Waals surface area contributed by atoms with Crippen molar-refractivity contribution in [3.8, 4) is 5.75 Å². The van der Waals surface area contributed by atoms with E-state index in [0.717, 1.165) is 12.8 Å². The van der Waals surface area contributed by atoms with Gasteiger partial charge >= 0.3 is 0 Å². The highest BCUT2D eigenvalue weighted by atomic mass is 16.5. The zero-order valence-electron chi connectivity index (χ0n) is 18.3. The van der Waals surface area contributed by atoms with Gasteiger partial charge in [0, 0.05) is 24.5 Å². The number of carbonyl (C=O) groups excluding carboxylic acids is 2. The average Bonchev–Trinajstić information content (AvgIpc) is 2.81. The topological polar surface area (TPSA) is 80.6 Å². The minimum Gasteiger partial charge on any atom is -0.495 e. The lowest BCUT2D eigenvalue weighted by Gasteiger charge is -2.30. The number of amides is 2. The molecule has 0 bridgehead atoms. The normalized spacial score (nSPS) is 14.4. The summed E-state index contributed by atoms with van der Waals surface area (Å²) in [6.45, 7) is 3.40. The number of benzene rings is 2. The van der Waals surface area contributed by atoms with Crippen LogP contribution in [0.15, 0.2) is 59.4 Å². The highest BCUT2D eigenvalue weighted by Crippen LogP contribution is 2.24. The second-order valence-electron chi connectivity index (χ2n) is 8.22. The molecule has 1 saturated heterocycles. The van der Waals surface area contributed by atoms with Gasteiger partial charge in [0.1, 0.15) is 12.3 Å². The number of carbonyl (C=O) groups is 2. The van der Waals surface area contributed by atoms with Crippen LogP contribution in [0, 0.1) is 5.92 Å². The van der Waals surface area contributed by atoms with Gasteiger partial charge in [0.15, 0.2) is 0 Å². The molecule has 7 heteroatoms. The van der Waals surface area contributed by atoms with Gasteiger partial charge in [-0.05, 0) is 37.0 Å². The van der Waals surface area contributed by atoms with Crippen LogP contribution in [0.5, 0.6) is 5.75 Å². The van der Waals surface area contributed by atoms with Gasteiger partial charge in [0.25, 0.3) is 11.5 Å². The fraction of sp³-hybridized carbons (Fsp3) is 0.320. The molecule has 0 aliphatic carbocycles. The molecule has 0 atom stereocenters. The van der Waals surface area contributed by atoms with E-state index in [4.69, 9.17) is 4.74 Å². The summed E-state index contributed by atoms with van der Waals surface area (Å²) in [7, 11) is 1.53. The molecule has 0 saturated carbocycles. The maximum atomic E-state index is 13.2. The van der Waals surface area contributed by atoms with Crippen LogP contribution in [0.3, 0.4) is 0 Å². The Morgan fingerprint density at radius 1 is 1.06 bits per heavy atom. The number of anilines is 1. The molecule has 7 nitrogen and oxygen atoms in total. The van der Waals surface area contributed by atoms with Crippen LogP contribution in [0.4, 0.5) is 5.69 Å². The Kier molecular flexibility index (Phi) is 6.25. The molecule has 32 heavy (non-hydrogen) atoms. The van der Waals surface area contributed by atoms with Gasteiger partial charge in [0.2, 0.25) is 5.91 Å². The first-order chi connectivity index (χ1) is 15.5. The van der Waals surface area contributed by atoms with E-state index in [-0.39, 0.29) is 23.9 Å². The summed E-state index contributed by atoms with van der Waals surface area (Å²) in [5, 5.41) is 3.46. The van der Waals surface area contributed by atoms with Gasteiger partial charge in [0.05, 0.1) is 23.9 Å². The van der Waals surface area contributed by atoms with Crippen molar-refractivity contribution in [2.75, 3.05) is 25.5 Å². The smallest absolute Gasteiger partial charge is 0.254 e. The van der Waals surface area contributed by atoms with Crippen molar-refractivity contribution >= 4 is 28.4 Å². The summed E-state index contributed by atoms with van der Waals surface area (Å²) in [6, 6.07) is 15.7. The Balaban J connectivity index is 1.64. The van der Waals surface area contributed by atoms with Crippen LogP contribution < -0.4 is 15.6 Å². The van der Waals surface area contributed by atoms with Gasteiger partial charge in [-0.25, -0.2) is 0 Å². The van der Waals surface area contributed by atoms with Crippen molar-refractivity contribution in [2.24, 2.45) is 5.92 Å². The predicted octanol–water partition coefficient (Wildman–Crippen LogP) is 3.52. The SMILES string of the molecule is COc1ccccc1NC(=O)Cn1c(=O)cc(C(=O)N2CCC(C)CC2)c2ccccc21. The molecule has 1 aliphatic rings. The van der Waals surface area contributed by atoms with Gasteiger partial charge < -0.3 is 15.0 Å². The summed E-state index contributed by atoms with van der Waals surface area (Å²) in [5.74, 6) is 0.655. The standard InChI is InChI=1S/C25H27N3O4/c1-17-11-13-27(14-12-17)25(31)19-15-24(30)28(21-9-5-3-7-18(19)21)16-23(29)26-20-8-4-6-10-22(20)32-2/h3-10,15,17H,11-14,16H2,1-2H3,(H,26,29). The van der Waals surface area contributed by atoms with Crippen molar-refractivity contribution in [2.45, 2.75) is 26.3 Å². The fourth-order valence-electron chi connectivity index (χ4n) is 4.14. The molecule has 2 amide bonds. The van der Waals surface area contributed by atoms with E-state index >= 15 is 0 Å². The van der Waals surface area contributed by atoms with E-state index in [9.17, 15) is 14.4 Å². The number of methoxy groups -OCH3 is 1. The minimum absolute atomic E-state index is 0.129. The fourth-order valence-corrected chi connectivity index (χ4v) is 4.14. The van der Waals surface area contributed by atoms with Crippen LogP contribution in [0.1, 0.15) is 30.1 Å². The summed E-state index contributed by atoms with van der Waals surface area (Å²) in [5.41, 5.74) is 1.10. The maximum Gasteiger partial charge on any atom is 0.254 e. The minimum atomic E-state index is -0.382. The first kappa shape index (κ1) is 21.6. The van der Waals surface area contributed by atoms with Gasteiger partial charge in [-0.3, -0.25) is 19.0 Å². The van der Waals surface area contributed by atoms with E-state index in [0.29, 0.717) is 46.9 Å². The lowest BCUT2D eigenvalue weighted by Crippen LogP contribution is -2.39. The molecule has 0 radical (unpaired) electrons. The summed E-state index contributed by atoms with van der Waals surface area (Å²) < 4.78 is 6.67. The third-order valence-corrected chi connectivity index (χ3v) is 6.00. The lowest BCUT2D eigenvalue weighted by atomic mass is 9.98. The number of para-hydroxylation sites is 3. The van der Waals surface area contributed by atoms with E-state index in [1.165, 1.54) is 17.7 Å². The van der Waals surface area contributed by atoms with Gasteiger partial charge in [-0.2, -0.15) is 0 Å². The molecule has 0 spiro atoms. The molecule has 166 valence electrons. The van der Waals surface area contributed by atoms with Crippen LogP contribution in [0.25, 0.3) is 10.9 Å². The van der Waals surface area contributed by atoms with E-state index in [1.807, 2.05) is 23.1 Å². The summed E-state index contributed by atoms with van der Waals surface area (Å²) in [4.78, 5) is 40.8. The number of nitrogens with zero attached hydrogens (tertiary/aromatic N) is 2. The first-order valence-corrected chi connectivity index (χ1v) is 10.8. The molecule has 2 heterocycles. The summed E-state index contributed by atoms with van der Waals surface area (Å²) >= 11 is 0. The van der Waals surface area contributed by atoms with Crippen molar-refractivity contribution < 1.29 is 14.3 Å². The quantitative estimate of drug-likeness (QED) is 0.668. The Morgan fingerprint density at radius 2 is 1.75 bits per heavy atom. The highest BCUT2D eigenvalue weighted by Gasteiger charge is 2.24. The monoisotopic (exact) mass is 433 g/mol. The lowest BCUT2D eigenvalue weighted by molar-refractivity contribution is -0.116. The van der Waals surface area contributed by atoms with E-state index in [2.05, 4.69) is 12.2 Å². The number of fused-ring (bicyclic) bond motifs is 1. The molecule has 1 aliphatic heterocycles. The molecule has 1 fully saturated rings.